The zero-order chi connectivity index (χ0) is 22.7. The Kier molecular flexibility index (Phi) is 11.4. The molecule has 0 bridgehead atoms. The molecule has 5 heteroatoms. The third-order valence-electron chi connectivity index (χ3n) is 5.77. The lowest BCUT2D eigenvalue weighted by Gasteiger charge is -2.36. The van der Waals surface area contributed by atoms with E-state index in [2.05, 4.69) is 73.8 Å². The molecule has 0 radical (unpaired) electrons. The van der Waals surface area contributed by atoms with Gasteiger partial charge in [-0.25, -0.2) is 0 Å². The summed E-state index contributed by atoms with van der Waals surface area (Å²) in [5, 5.41) is 0.326. The molecule has 30 heavy (non-hydrogen) atoms. The molecule has 3 aliphatic heterocycles. The summed E-state index contributed by atoms with van der Waals surface area (Å²) in [5.74, 6) is 2.59. The number of carbonyl (C=O) groups excluding carboxylic acids is 1. The van der Waals surface area contributed by atoms with Gasteiger partial charge in [0.05, 0.1) is 5.37 Å². The number of amides is 1. The number of nitrogens with zero attached hydrogens (tertiary/aromatic N) is 3. The maximum absolute atomic E-state index is 12.8. The third kappa shape index (κ3) is 7.56. The van der Waals surface area contributed by atoms with Crippen LogP contribution in [0.5, 0.6) is 0 Å². The SMILES string of the molecule is C#CC.C/C=C1\CC(CCC(=O)N2CC3(CCN(C)CC3)SC2C)=CN1C.C=CC. The highest BCUT2D eigenvalue weighted by Crippen LogP contribution is 2.46. The van der Waals surface area contributed by atoms with Crippen molar-refractivity contribution in [2.75, 3.05) is 33.7 Å². The van der Waals surface area contributed by atoms with Gasteiger partial charge in [0.25, 0.3) is 0 Å². The molecule has 0 aromatic heterocycles. The van der Waals surface area contributed by atoms with E-state index >= 15 is 0 Å². The van der Waals surface area contributed by atoms with E-state index in [0.29, 0.717) is 22.4 Å². The van der Waals surface area contributed by atoms with Crippen LogP contribution in [-0.2, 0) is 4.79 Å². The average Bonchev–Trinajstić information content (AvgIpc) is 3.23. The first-order valence-corrected chi connectivity index (χ1v) is 11.8. The number of thioether (sulfide) groups is 1. The van der Waals surface area contributed by atoms with Crippen LogP contribution in [0.15, 0.2) is 36.2 Å². The van der Waals surface area contributed by atoms with Crippen LogP contribution < -0.4 is 0 Å². The van der Waals surface area contributed by atoms with Gasteiger partial charge < -0.3 is 14.7 Å². The Hall–Kier alpha value is -1.64. The second kappa shape index (κ2) is 12.9. The van der Waals surface area contributed by atoms with Crippen LogP contribution in [0.2, 0.25) is 0 Å². The van der Waals surface area contributed by atoms with Crippen LogP contribution in [0.1, 0.15) is 59.8 Å². The maximum Gasteiger partial charge on any atom is 0.223 e. The fourth-order valence-corrected chi connectivity index (χ4v) is 5.80. The summed E-state index contributed by atoms with van der Waals surface area (Å²) < 4.78 is 0.312. The van der Waals surface area contributed by atoms with E-state index in [1.54, 1.807) is 13.0 Å². The molecule has 0 N–H and O–H groups in total. The first-order chi connectivity index (χ1) is 14.2. The van der Waals surface area contributed by atoms with Gasteiger partial charge >= 0.3 is 0 Å². The molecule has 1 amide bonds. The molecule has 168 valence electrons. The van der Waals surface area contributed by atoms with Gasteiger partial charge in [-0.15, -0.1) is 30.7 Å². The predicted octanol–water partition coefficient (Wildman–Crippen LogP) is 5.11. The second-order valence-electron chi connectivity index (χ2n) is 8.28. The van der Waals surface area contributed by atoms with Crippen LogP contribution in [-0.4, -0.2) is 64.5 Å². The van der Waals surface area contributed by atoms with Crippen molar-refractivity contribution < 1.29 is 4.79 Å². The molecule has 1 atom stereocenters. The minimum Gasteiger partial charge on any atom is -0.354 e. The zero-order valence-electron chi connectivity index (χ0n) is 19.9. The van der Waals surface area contributed by atoms with E-state index in [1.807, 2.05) is 18.7 Å². The van der Waals surface area contributed by atoms with Crippen molar-refractivity contribution in [1.82, 2.24) is 14.7 Å². The van der Waals surface area contributed by atoms with E-state index < -0.39 is 0 Å². The summed E-state index contributed by atoms with van der Waals surface area (Å²) in [7, 11) is 4.29. The predicted molar refractivity (Wildman–Crippen MR) is 132 cm³/mol. The van der Waals surface area contributed by atoms with E-state index in [1.165, 1.54) is 24.1 Å². The Morgan fingerprint density at radius 3 is 2.43 bits per heavy atom. The molecule has 1 unspecified atom stereocenters. The number of rotatable bonds is 3. The van der Waals surface area contributed by atoms with Crippen LogP contribution in [0.25, 0.3) is 0 Å². The van der Waals surface area contributed by atoms with Gasteiger partial charge in [0, 0.05) is 43.1 Å². The highest BCUT2D eigenvalue weighted by molar-refractivity contribution is 8.01. The van der Waals surface area contributed by atoms with Gasteiger partial charge in [-0.1, -0.05) is 12.2 Å². The topological polar surface area (TPSA) is 26.8 Å². The van der Waals surface area contributed by atoms with Gasteiger partial charge in [0.2, 0.25) is 5.91 Å². The fourth-order valence-electron chi connectivity index (χ4n) is 4.12. The largest absolute Gasteiger partial charge is 0.354 e. The lowest BCUT2D eigenvalue weighted by atomic mass is 9.95. The Balaban J connectivity index is 0.000000672. The van der Waals surface area contributed by atoms with E-state index in [9.17, 15) is 4.79 Å². The number of piperidine rings is 1. The molecule has 0 aromatic carbocycles. The van der Waals surface area contributed by atoms with Crippen LogP contribution in [0, 0.1) is 12.3 Å². The highest BCUT2D eigenvalue weighted by atomic mass is 32.2. The monoisotopic (exact) mass is 431 g/mol. The summed E-state index contributed by atoms with van der Waals surface area (Å²) >= 11 is 2.04. The maximum atomic E-state index is 12.8. The molecule has 0 aromatic rings. The zero-order valence-corrected chi connectivity index (χ0v) is 20.7. The summed E-state index contributed by atoms with van der Waals surface area (Å²) in [5.41, 5.74) is 2.72. The standard InChI is InChI=1S/C19H31N3OS.C3H6.C3H4/c1-5-17-12-16(13-21(17)4)6-7-18(23)22-14-19(24-15(22)2)8-10-20(3)11-9-19;2*1-3-2/h5,13,15H,6-12,14H2,1-4H3;3H,1H2,2H3;1H,2H3/b17-5+;;. The van der Waals surface area contributed by atoms with Gasteiger partial charge in [0.1, 0.15) is 0 Å². The van der Waals surface area contributed by atoms with Gasteiger partial charge in [-0.3, -0.25) is 4.79 Å². The Labute approximate surface area is 189 Å². The van der Waals surface area contributed by atoms with E-state index in [0.717, 1.165) is 32.5 Å². The lowest BCUT2D eigenvalue weighted by molar-refractivity contribution is -0.131. The van der Waals surface area contributed by atoms with Crippen LogP contribution in [0.3, 0.4) is 0 Å². The smallest absolute Gasteiger partial charge is 0.223 e. The van der Waals surface area contributed by atoms with Crippen molar-refractivity contribution in [3.05, 3.63) is 36.2 Å². The molecule has 3 aliphatic rings. The van der Waals surface area contributed by atoms with Crippen molar-refractivity contribution in [2.24, 2.45) is 0 Å². The molecule has 2 saturated heterocycles. The Morgan fingerprint density at radius 1 is 1.37 bits per heavy atom. The van der Waals surface area contributed by atoms with Crippen molar-refractivity contribution >= 4 is 17.7 Å². The van der Waals surface area contributed by atoms with Crippen molar-refractivity contribution in [2.45, 2.75) is 69.9 Å². The normalized spacial score (nSPS) is 23.8. The molecule has 4 nitrogen and oxygen atoms in total. The highest BCUT2D eigenvalue weighted by Gasteiger charge is 2.45. The molecular formula is C25H41N3OS. The van der Waals surface area contributed by atoms with E-state index in [4.69, 9.17) is 0 Å². The minimum absolute atomic E-state index is 0.312. The molecule has 0 aliphatic carbocycles. The molecular weight excluding hydrogens is 390 g/mol. The summed E-state index contributed by atoms with van der Waals surface area (Å²) in [6.45, 7) is 14.5. The fraction of sp³-hybridized carbons (Fsp3) is 0.640. The number of hydrogen-bond donors (Lipinski definition) is 0. The van der Waals surface area contributed by atoms with Gasteiger partial charge in [0.15, 0.2) is 0 Å². The number of hydrogen-bond acceptors (Lipinski definition) is 4. The molecule has 3 heterocycles. The molecule has 2 fully saturated rings. The first-order valence-electron chi connectivity index (χ1n) is 10.9. The number of carbonyl (C=O) groups is 1. The minimum atomic E-state index is 0.312. The summed E-state index contributed by atoms with van der Waals surface area (Å²) in [6, 6.07) is 0. The summed E-state index contributed by atoms with van der Waals surface area (Å²) in [4.78, 5) is 19.5. The van der Waals surface area contributed by atoms with Crippen LogP contribution >= 0.6 is 11.8 Å². The Bertz CT molecular complexity index is 668. The average molecular weight is 432 g/mol. The van der Waals surface area contributed by atoms with E-state index in [-0.39, 0.29) is 0 Å². The third-order valence-corrected chi connectivity index (χ3v) is 7.40. The van der Waals surface area contributed by atoms with Crippen molar-refractivity contribution in [1.29, 1.82) is 0 Å². The lowest BCUT2D eigenvalue weighted by Crippen LogP contribution is -2.44. The van der Waals surface area contributed by atoms with Crippen LogP contribution in [0.4, 0.5) is 0 Å². The van der Waals surface area contributed by atoms with Gasteiger partial charge in [-0.2, -0.15) is 0 Å². The molecule has 1 spiro atoms. The number of terminal acetylenes is 1. The van der Waals surface area contributed by atoms with Crippen molar-refractivity contribution in [3.63, 3.8) is 0 Å². The summed E-state index contributed by atoms with van der Waals surface area (Å²) in [6.07, 6.45) is 15.7. The first kappa shape index (κ1) is 26.4. The molecule has 0 saturated carbocycles. The van der Waals surface area contributed by atoms with Gasteiger partial charge in [-0.05, 0) is 72.7 Å². The second-order valence-corrected chi connectivity index (χ2v) is 10.1. The van der Waals surface area contributed by atoms with Crippen molar-refractivity contribution in [3.8, 4) is 12.3 Å². The number of allylic oxidation sites excluding steroid dienone is 3. The number of likely N-dealkylation sites (tertiary alicyclic amines) is 1. The Morgan fingerprint density at radius 2 is 1.93 bits per heavy atom. The molecule has 3 rings (SSSR count). The quantitative estimate of drug-likeness (QED) is 0.458.